The summed E-state index contributed by atoms with van der Waals surface area (Å²) in [5.41, 5.74) is -0.482. The summed E-state index contributed by atoms with van der Waals surface area (Å²) in [4.78, 5) is 35.6. The van der Waals surface area contributed by atoms with Gasteiger partial charge in [-0.2, -0.15) is 0 Å². The van der Waals surface area contributed by atoms with Gasteiger partial charge in [-0.3, -0.25) is 19.8 Å². The van der Waals surface area contributed by atoms with E-state index < -0.39 is 23.4 Å². The third kappa shape index (κ3) is 9.84. The van der Waals surface area contributed by atoms with Crippen LogP contribution in [0.25, 0.3) is 0 Å². The highest BCUT2D eigenvalue weighted by Crippen LogP contribution is 2.11. The molecule has 3 N–H and O–H groups in total. The molecular formula is C14H27N3O4. The summed E-state index contributed by atoms with van der Waals surface area (Å²) < 4.78 is 0. The summed E-state index contributed by atoms with van der Waals surface area (Å²) in [6, 6.07) is -0.551. The molecule has 0 atom stereocenters. The number of rotatable bonds is 7. The van der Waals surface area contributed by atoms with E-state index in [2.05, 4.69) is 10.6 Å². The molecule has 0 aromatic rings. The van der Waals surface area contributed by atoms with Crippen LogP contribution in [0.5, 0.6) is 0 Å². The van der Waals surface area contributed by atoms with E-state index in [1.54, 1.807) is 0 Å². The van der Waals surface area contributed by atoms with Gasteiger partial charge in [0.05, 0.1) is 13.1 Å². The van der Waals surface area contributed by atoms with Crippen molar-refractivity contribution in [3.8, 4) is 0 Å². The first kappa shape index (κ1) is 19.4. The molecule has 0 aromatic carbocycles. The van der Waals surface area contributed by atoms with E-state index in [0.29, 0.717) is 12.5 Å². The van der Waals surface area contributed by atoms with Crippen LogP contribution in [-0.2, 0) is 9.59 Å². The Hall–Kier alpha value is -1.63. The number of hydrogen-bond donors (Lipinski definition) is 3. The first-order valence-corrected chi connectivity index (χ1v) is 7.07. The van der Waals surface area contributed by atoms with Crippen LogP contribution < -0.4 is 10.6 Å². The van der Waals surface area contributed by atoms with Crippen LogP contribution in [0, 0.1) is 5.92 Å². The predicted octanol–water partition coefficient (Wildman–Crippen LogP) is 1.04. The molecule has 0 unspecified atom stereocenters. The lowest BCUT2D eigenvalue weighted by atomic mass is 10.1. The highest BCUT2D eigenvalue weighted by molar-refractivity contribution is 5.95. The zero-order valence-electron chi connectivity index (χ0n) is 13.5. The van der Waals surface area contributed by atoms with E-state index in [-0.39, 0.29) is 13.1 Å². The summed E-state index contributed by atoms with van der Waals surface area (Å²) in [7, 11) is 0. The van der Waals surface area contributed by atoms with Crippen molar-refractivity contribution in [2.75, 3.05) is 19.6 Å². The summed E-state index contributed by atoms with van der Waals surface area (Å²) >= 11 is 0. The topological polar surface area (TPSA) is 98.7 Å². The highest BCUT2D eigenvalue weighted by atomic mass is 16.4. The number of carboxylic acid groups (broad SMARTS) is 1. The molecular weight excluding hydrogens is 274 g/mol. The number of nitrogens with one attached hydrogen (secondary N) is 2. The second-order valence-corrected chi connectivity index (χ2v) is 6.41. The van der Waals surface area contributed by atoms with Crippen molar-refractivity contribution in [1.82, 2.24) is 15.5 Å². The van der Waals surface area contributed by atoms with Crippen molar-refractivity contribution in [2.45, 2.75) is 46.6 Å². The maximum absolute atomic E-state index is 11.8. The third-order valence-electron chi connectivity index (χ3n) is 2.87. The Morgan fingerprint density at radius 2 is 1.71 bits per heavy atom. The molecule has 0 radical (unpaired) electrons. The smallest absolute Gasteiger partial charge is 0.321 e. The van der Waals surface area contributed by atoms with Crippen LogP contribution in [0.3, 0.4) is 0 Å². The lowest BCUT2D eigenvalue weighted by Gasteiger charge is -2.33. The van der Waals surface area contributed by atoms with Gasteiger partial charge in [0.15, 0.2) is 0 Å². The Morgan fingerprint density at radius 3 is 2.14 bits per heavy atom. The van der Waals surface area contributed by atoms with Gasteiger partial charge in [0, 0.05) is 12.1 Å². The van der Waals surface area contributed by atoms with Crippen molar-refractivity contribution >= 4 is 17.9 Å². The molecule has 0 spiro atoms. The minimum atomic E-state index is -1.01. The van der Waals surface area contributed by atoms with E-state index in [0.717, 1.165) is 6.42 Å². The van der Waals surface area contributed by atoms with Gasteiger partial charge in [0.1, 0.15) is 0 Å². The monoisotopic (exact) mass is 301 g/mol. The molecule has 7 heteroatoms. The molecule has 122 valence electrons. The number of carbonyl (C=O) groups excluding carboxylic acids is 2. The van der Waals surface area contributed by atoms with Crippen molar-refractivity contribution in [1.29, 1.82) is 0 Å². The Balaban J connectivity index is 4.31. The highest BCUT2D eigenvalue weighted by Gasteiger charge is 2.26. The fourth-order valence-electron chi connectivity index (χ4n) is 1.55. The van der Waals surface area contributed by atoms with Crippen molar-refractivity contribution in [2.24, 2.45) is 5.92 Å². The zero-order chi connectivity index (χ0) is 16.6. The molecule has 0 saturated heterocycles. The fourth-order valence-corrected chi connectivity index (χ4v) is 1.55. The average Bonchev–Trinajstić information content (AvgIpc) is 2.25. The number of nitrogens with zero attached hydrogens (tertiary/aromatic N) is 1. The minimum absolute atomic E-state index is 0.145. The average molecular weight is 301 g/mol. The lowest BCUT2D eigenvalue weighted by molar-refractivity contribution is -0.140. The van der Waals surface area contributed by atoms with E-state index in [9.17, 15) is 14.4 Å². The van der Waals surface area contributed by atoms with Crippen molar-refractivity contribution in [3.63, 3.8) is 0 Å². The second-order valence-electron chi connectivity index (χ2n) is 6.41. The van der Waals surface area contributed by atoms with Gasteiger partial charge in [0.2, 0.25) is 5.91 Å². The van der Waals surface area contributed by atoms with Crippen molar-refractivity contribution < 1.29 is 19.5 Å². The van der Waals surface area contributed by atoms with Crippen LogP contribution >= 0.6 is 0 Å². The van der Waals surface area contributed by atoms with Crippen LogP contribution in [0.4, 0.5) is 4.79 Å². The quantitative estimate of drug-likeness (QED) is 0.652. The van der Waals surface area contributed by atoms with Gasteiger partial charge in [-0.25, -0.2) is 4.79 Å². The van der Waals surface area contributed by atoms with Gasteiger partial charge in [-0.15, -0.1) is 0 Å². The number of carboxylic acids is 1. The lowest BCUT2D eigenvalue weighted by Crippen LogP contribution is -2.51. The number of urea groups is 1. The van der Waals surface area contributed by atoms with Crippen molar-refractivity contribution in [3.05, 3.63) is 0 Å². The largest absolute Gasteiger partial charge is 0.480 e. The van der Waals surface area contributed by atoms with E-state index >= 15 is 0 Å². The number of aliphatic carboxylic acids is 1. The van der Waals surface area contributed by atoms with Crippen LogP contribution in [0.15, 0.2) is 0 Å². The predicted molar refractivity (Wildman–Crippen MR) is 80.0 cm³/mol. The van der Waals surface area contributed by atoms with E-state index in [1.165, 1.54) is 4.90 Å². The Bertz CT molecular complexity index is 375. The molecule has 7 nitrogen and oxygen atoms in total. The minimum Gasteiger partial charge on any atom is -0.480 e. The molecule has 0 aliphatic heterocycles. The van der Waals surface area contributed by atoms with Gasteiger partial charge in [-0.1, -0.05) is 13.8 Å². The zero-order valence-corrected chi connectivity index (χ0v) is 13.5. The Labute approximate surface area is 126 Å². The number of carbonyl (C=O) groups is 3. The van der Waals surface area contributed by atoms with Crippen LogP contribution in [0.2, 0.25) is 0 Å². The maximum Gasteiger partial charge on any atom is 0.321 e. The summed E-state index contributed by atoms with van der Waals surface area (Å²) in [5.74, 6) is -1.07. The molecule has 3 amide bonds. The van der Waals surface area contributed by atoms with Gasteiger partial charge < -0.3 is 10.4 Å². The molecule has 0 aliphatic carbocycles. The molecule has 0 aromatic heterocycles. The second kappa shape index (κ2) is 8.61. The molecule has 21 heavy (non-hydrogen) atoms. The fraction of sp³-hybridized carbons (Fsp3) is 0.786. The normalized spacial score (nSPS) is 11.6. The van der Waals surface area contributed by atoms with Crippen LogP contribution in [0.1, 0.15) is 41.0 Å². The first-order valence-electron chi connectivity index (χ1n) is 7.07. The Morgan fingerprint density at radius 1 is 1.14 bits per heavy atom. The summed E-state index contributed by atoms with van der Waals surface area (Å²) in [6.07, 6.45) is 0.828. The van der Waals surface area contributed by atoms with E-state index in [4.69, 9.17) is 5.11 Å². The SMILES string of the molecule is CC(C)CCNC(=O)NC(=O)CN(CC(=O)O)C(C)(C)C. The number of amides is 3. The molecule has 0 heterocycles. The number of hydrogen-bond acceptors (Lipinski definition) is 4. The summed E-state index contributed by atoms with van der Waals surface area (Å²) in [5, 5.41) is 13.7. The van der Waals surface area contributed by atoms with E-state index in [1.807, 2.05) is 34.6 Å². The van der Waals surface area contributed by atoms with Crippen LogP contribution in [-0.4, -0.2) is 53.1 Å². The number of imide groups is 1. The Kier molecular flexibility index (Phi) is 7.94. The molecule has 0 saturated carbocycles. The first-order chi connectivity index (χ1) is 9.52. The van der Waals surface area contributed by atoms with Gasteiger partial charge >= 0.3 is 12.0 Å². The molecule has 0 aliphatic rings. The molecule has 0 bridgehead atoms. The third-order valence-corrected chi connectivity index (χ3v) is 2.87. The molecule has 0 fully saturated rings. The summed E-state index contributed by atoms with van der Waals surface area (Å²) in [6.45, 7) is 9.60. The van der Waals surface area contributed by atoms with Gasteiger partial charge in [-0.05, 0) is 33.1 Å². The molecule has 0 rings (SSSR count). The maximum atomic E-state index is 11.8. The standard InChI is InChI=1S/C14H27N3O4/c1-10(2)6-7-15-13(21)16-11(18)8-17(9-12(19)20)14(3,4)5/h10H,6-9H2,1-5H3,(H,19,20)(H2,15,16,18,21). The van der Waals surface area contributed by atoms with Gasteiger partial charge in [0.25, 0.3) is 0 Å².